The molecule has 0 unspecified atom stereocenters. The first kappa shape index (κ1) is 43.0. The van der Waals surface area contributed by atoms with Gasteiger partial charge in [-0.3, -0.25) is 0 Å². The number of hydrogen-bond acceptors (Lipinski definition) is 5. The highest BCUT2D eigenvalue weighted by atomic mass is 19.1. The third-order valence-corrected chi connectivity index (χ3v) is 9.82. The molecule has 5 nitrogen and oxygen atoms in total. The number of unbranched alkanes of at least 4 members (excludes halogenated alkanes) is 9. The van der Waals surface area contributed by atoms with Crippen molar-refractivity contribution in [1.29, 1.82) is 10.5 Å². The van der Waals surface area contributed by atoms with E-state index in [-0.39, 0.29) is 11.6 Å². The second kappa shape index (κ2) is 23.8. The van der Waals surface area contributed by atoms with E-state index >= 15 is 0 Å². The van der Waals surface area contributed by atoms with Crippen LogP contribution >= 0.6 is 0 Å². The first-order chi connectivity index (χ1) is 28.4. The Balaban J connectivity index is 0.965. The van der Waals surface area contributed by atoms with Crippen LogP contribution in [-0.2, 0) is 0 Å². The van der Waals surface area contributed by atoms with Crippen molar-refractivity contribution in [3.63, 3.8) is 0 Å². The number of nitriles is 2. The van der Waals surface area contributed by atoms with E-state index in [1.807, 2.05) is 84.9 Å². The lowest BCUT2D eigenvalue weighted by Crippen LogP contribution is -1.98. The summed E-state index contributed by atoms with van der Waals surface area (Å²) in [7, 11) is 0. The van der Waals surface area contributed by atoms with Crippen molar-refractivity contribution >= 4 is 23.3 Å². The SMILES string of the molecule is CCCCCCOc1ccc(/C=C(\C#N)c2ccc(/C(C#N)=C\c3ccc(OCCCCCCCCCOc4ccc(-c5ccc(F)cc5)c(F)c4)cc3)cc2)cc1. The average Bonchev–Trinajstić information content (AvgIpc) is 3.25. The minimum Gasteiger partial charge on any atom is -0.494 e. The minimum atomic E-state index is -0.385. The first-order valence-corrected chi connectivity index (χ1v) is 20.4. The van der Waals surface area contributed by atoms with Crippen molar-refractivity contribution in [3.8, 4) is 40.5 Å². The summed E-state index contributed by atoms with van der Waals surface area (Å²) in [6.45, 7) is 4.09. The molecule has 0 saturated heterocycles. The molecule has 0 spiro atoms. The van der Waals surface area contributed by atoms with Crippen LogP contribution in [0.5, 0.6) is 17.2 Å². The highest BCUT2D eigenvalue weighted by Gasteiger charge is 2.09. The highest BCUT2D eigenvalue weighted by molar-refractivity contribution is 5.92. The molecule has 5 rings (SSSR count). The average molecular weight is 779 g/mol. The second-order valence-corrected chi connectivity index (χ2v) is 14.3. The lowest BCUT2D eigenvalue weighted by atomic mass is 9.99. The topological polar surface area (TPSA) is 75.3 Å². The van der Waals surface area contributed by atoms with E-state index in [9.17, 15) is 19.3 Å². The lowest BCUT2D eigenvalue weighted by molar-refractivity contribution is 0.299. The van der Waals surface area contributed by atoms with Crippen molar-refractivity contribution < 1.29 is 23.0 Å². The van der Waals surface area contributed by atoms with Crippen LogP contribution in [-0.4, -0.2) is 19.8 Å². The number of ether oxygens (including phenoxy) is 3. The van der Waals surface area contributed by atoms with Crippen molar-refractivity contribution in [2.45, 2.75) is 77.6 Å². The fraction of sp³-hybridized carbons (Fsp3) is 0.294. The molecular weight excluding hydrogens is 727 g/mol. The van der Waals surface area contributed by atoms with E-state index in [1.54, 1.807) is 24.3 Å². The number of halogens is 2. The van der Waals surface area contributed by atoms with Gasteiger partial charge in [0.15, 0.2) is 0 Å². The van der Waals surface area contributed by atoms with Gasteiger partial charge in [-0.2, -0.15) is 10.5 Å². The molecule has 0 saturated carbocycles. The summed E-state index contributed by atoms with van der Waals surface area (Å²) in [5.41, 5.74) is 5.51. The maximum Gasteiger partial charge on any atom is 0.134 e. The smallest absolute Gasteiger partial charge is 0.134 e. The Hall–Kier alpha value is -6.18. The molecule has 0 aliphatic carbocycles. The van der Waals surface area contributed by atoms with Crippen molar-refractivity contribution in [2.75, 3.05) is 19.8 Å². The summed E-state index contributed by atoms with van der Waals surface area (Å²) in [5.74, 6) is 1.39. The number of benzene rings is 5. The number of rotatable bonds is 23. The normalized spacial score (nSPS) is 11.5. The van der Waals surface area contributed by atoms with Crippen LogP contribution in [0.3, 0.4) is 0 Å². The first-order valence-electron chi connectivity index (χ1n) is 20.4. The van der Waals surface area contributed by atoms with Gasteiger partial charge in [-0.15, -0.1) is 0 Å². The van der Waals surface area contributed by atoms with Crippen molar-refractivity contribution in [3.05, 3.63) is 149 Å². The molecule has 0 radical (unpaired) electrons. The Morgan fingerprint density at radius 1 is 0.500 bits per heavy atom. The number of allylic oxidation sites excluding steroid dienone is 2. The molecule has 0 aliphatic heterocycles. The van der Waals surface area contributed by atoms with Crippen LogP contribution in [0, 0.1) is 34.3 Å². The maximum absolute atomic E-state index is 14.6. The summed E-state index contributed by atoms with van der Waals surface area (Å²) in [6.07, 6.45) is 15.8. The third-order valence-electron chi connectivity index (χ3n) is 9.82. The molecule has 0 bridgehead atoms. The number of hydrogen-bond donors (Lipinski definition) is 0. The Bertz CT molecular complexity index is 2150. The maximum atomic E-state index is 14.6. The van der Waals surface area contributed by atoms with Crippen LogP contribution in [0.15, 0.2) is 115 Å². The fourth-order valence-electron chi connectivity index (χ4n) is 6.48. The molecule has 58 heavy (non-hydrogen) atoms. The van der Waals surface area contributed by atoms with Crippen molar-refractivity contribution in [2.24, 2.45) is 0 Å². The van der Waals surface area contributed by atoms with Gasteiger partial charge in [0.25, 0.3) is 0 Å². The van der Waals surface area contributed by atoms with Crippen LogP contribution < -0.4 is 14.2 Å². The van der Waals surface area contributed by atoms with E-state index in [4.69, 9.17) is 14.2 Å². The van der Waals surface area contributed by atoms with Gasteiger partial charge in [0.2, 0.25) is 0 Å². The molecule has 0 fully saturated rings. The van der Waals surface area contributed by atoms with Gasteiger partial charge < -0.3 is 14.2 Å². The molecule has 5 aromatic rings. The van der Waals surface area contributed by atoms with Gasteiger partial charge >= 0.3 is 0 Å². The Labute approximate surface area is 342 Å². The van der Waals surface area contributed by atoms with Gasteiger partial charge in [0.05, 0.1) is 43.1 Å². The Kier molecular flexibility index (Phi) is 17.6. The van der Waals surface area contributed by atoms with Crippen LogP contribution in [0.4, 0.5) is 8.78 Å². The predicted octanol–water partition coefficient (Wildman–Crippen LogP) is 13.9. The molecule has 0 N–H and O–H groups in total. The molecule has 298 valence electrons. The Morgan fingerprint density at radius 2 is 0.914 bits per heavy atom. The zero-order chi connectivity index (χ0) is 40.8. The summed E-state index contributed by atoms with van der Waals surface area (Å²) < 4.78 is 45.3. The quantitative estimate of drug-likeness (QED) is 0.0375. The lowest BCUT2D eigenvalue weighted by Gasteiger charge is -2.09. The largest absolute Gasteiger partial charge is 0.494 e. The van der Waals surface area contributed by atoms with Gasteiger partial charge in [-0.25, -0.2) is 8.78 Å². The predicted molar refractivity (Wildman–Crippen MR) is 231 cm³/mol. The van der Waals surface area contributed by atoms with E-state index in [1.165, 1.54) is 37.5 Å². The standard InChI is InChI=1S/C51H52F2N2O3/c1-2-3-4-10-31-56-47-25-13-39(14-26-47)34-44(37-54)41-17-19-42(20-18-41)45(38-55)35-40-15-27-48(28-16-40)57-32-11-8-6-5-7-9-12-33-58-49-29-30-50(51(53)36-49)43-21-23-46(52)24-22-43/h13-30,34-36H,2-12,31-33H2,1H3/b44-34+,45-35-. The van der Waals surface area contributed by atoms with E-state index < -0.39 is 0 Å². The molecule has 0 heterocycles. The van der Waals surface area contributed by atoms with E-state index in [0.29, 0.717) is 47.8 Å². The molecule has 0 atom stereocenters. The zero-order valence-electron chi connectivity index (χ0n) is 33.4. The van der Waals surface area contributed by atoms with Crippen molar-refractivity contribution in [1.82, 2.24) is 0 Å². The highest BCUT2D eigenvalue weighted by Crippen LogP contribution is 2.28. The summed E-state index contributed by atoms with van der Waals surface area (Å²) in [4.78, 5) is 0. The molecular formula is C51H52F2N2O3. The molecule has 7 heteroatoms. The van der Waals surface area contributed by atoms with E-state index in [2.05, 4.69) is 19.1 Å². The van der Waals surface area contributed by atoms with Gasteiger partial charge in [-0.05, 0) is 108 Å². The van der Waals surface area contributed by atoms with Gasteiger partial charge in [-0.1, -0.05) is 119 Å². The van der Waals surface area contributed by atoms with Gasteiger partial charge in [0, 0.05) is 11.6 Å². The minimum absolute atomic E-state index is 0.349. The molecule has 0 amide bonds. The summed E-state index contributed by atoms with van der Waals surface area (Å²) >= 11 is 0. The summed E-state index contributed by atoms with van der Waals surface area (Å²) in [6, 6.07) is 38.2. The molecule has 0 aliphatic rings. The third kappa shape index (κ3) is 14.1. The van der Waals surface area contributed by atoms with E-state index in [0.717, 1.165) is 85.1 Å². The van der Waals surface area contributed by atoms with Crippen LogP contribution in [0.25, 0.3) is 34.4 Å². The zero-order valence-corrected chi connectivity index (χ0v) is 33.4. The van der Waals surface area contributed by atoms with Crippen LogP contribution in [0.2, 0.25) is 0 Å². The second-order valence-electron chi connectivity index (χ2n) is 14.3. The molecule has 0 aromatic heterocycles. The summed E-state index contributed by atoms with van der Waals surface area (Å²) in [5, 5.41) is 19.8. The Morgan fingerprint density at radius 3 is 1.34 bits per heavy atom. The van der Waals surface area contributed by atoms with Crippen LogP contribution in [0.1, 0.15) is 99.8 Å². The van der Waals surface area contributed by atoms with Gasteiger partial charge in [0.1, 0.15) is 28.9 Å². The number of nitrogens with zero attached hydrogens (tertiary/aromatic N) is 2. The fourth-order valence-corrected chi connectivity index (χ4v) is 6.48. The molecule has 5 aromatic carbocycles. The monoisotopic (exact) mass is 778 g/mol.